The molecule has 8 nitrogen and oxygen atoms in total. The molecule has 2 aromatic heterocycles. The predicted octanol–water partition coefficient (Wildman–Crippen LogP) is 3.72. The number of para-hydroxylation sites is 1. The molecule has 0 atom stereocenters. The smallest absolute Gasteiger partial charge is 0.274 e. The van der Waals surface area contributed by atoms with Gasteiger partial charge in [0.05, 0.1) is 12.9 Å². The van der Waals surface area contributed by atoms with E-state index >= 15 is 0 Å². The molecule has 0 spiro atoms. The first kappa shape index (κ1) is 19.3. The molecule has 4 aromatic rings. The van der Waals surface area contributed by atoms with Crippen LogP contribution in [0.2, 0.25) is 0 Å². The van der Waals surface area contributed by atoms with Crippen LogP contribution in [0.1, 0.15) is 11.3 Å². The highest BCUT2D eigenvalue weighted by Gasteiger charge is 2.20. The molecule has 0 aliphatic rings. The molecule has 0 unspecified atom stereocenters. The SMILES string of the molecule is COCc1ccccc1NC(=O)/C(=C/c1ccco1)n1nnnc1-c1ccccc1. The van der Waals surface area contributed by atoms with Crippen molar-refractivity contribution in [2.75, 3.05) is 12.4 Å². The molecule has 30 heavy (non-hydrogen) atoms. The van der Waals surface area contributed by atoms with Crippen LogP contribution in [0.5, 0.6) is 0 Å². The minimum absolute atomic E-state index is 0.209. The van der Waals surface area contributed by atoms with E-state index in [-0.39, 0.29) is 11.6 Å². The van der Waals surface area contributed by atoms with Gasteiger partial charge in [0.15, 0.2) is 5.82 Å². The number of hydrogen-bond donors (Lipinski definition) is 1. The summed E-state index contributed by atoms with van der Waals surface area (Å²) in [4.78, 5) is 13.3. The molecular formula is C22H19N5O3. The average molecular weight is 401 g/mol. The lowest BCUT2D eigenvalue weighted by molar-refractivity contribution is -0.111. The van der Waals surface area contributed by atoms with Crippen LogP contribution in [0.15, 0.2) is 77.4 Å². The fourth-order valence-electron chi connectivity index (χ4n) is 2.96. The van der Waals surface area contributed by atoms with Gasteiger partial charge in [-0.1, -0.05) is 48.5 Å². The van der Waals surface area contributed by atoms with Gasteiger partial charge in [0.2, 0.25) is 0 Å². The Morgan fingerprint density at radius 2 is 1.90 bits per heavy atom. The van der Waals surface area contributed by atoms with E-state index in [0.717, 1.165) is 11.1 Å². The molecule has 1 N–H and O–H groups in total. The second-order valence-electron chi connectivity index (χ2n) is 6.37. The minimum atomic E-state index is -0.389. The maximum absolute atomic E-state index is 13.3. The van der Waals surface area contributed by atoms with E-state index in [0.29, 0.717) is 23.9 Å². The summed E-state index contributed by atoms with van der Waals surface area (Å²) in [5.74, 6) is 0.549. The minimum Gasteiger partial charge on any atom is -0.465 e. The Labute approximate surface area is 172 Å². The van der Waals surface area contributed by atoms with Gasteiger partial charge in [0, 0.05) is 30.0 Å². The number of furan rings is 1. The highest BCUT2D eigenvalue weighted by Crippen LogP contribution is 2.23. The number of carbonyl (C=O) groups is 1. The molecule has 0 fully saturated rings. The molecule has 8 heteroatoms. The van der Waals surface area contributed by atoms with Gasteiger partial charge < -0.3 is 14.5 Å². The predicted molar refractivity (Wildman–Crippen MR) is 112 cm³/mol. The average Bonchev–Trinajstić information content (AvgIpc) is 3.46. The molecule has 150 valence electrons. The number of carbonyl (C=O) groups excluding carboxylic acids is 1. The van der Waals surface area contributed by atoms with Gasteiger partial charge in [-0.25, -0.2) is 0 Å². The van der Waals surface area contributed by atoms with Gasteiger partial charge in [-0.3, -0.25) is 4.79 Å². The van der Waals surface area contributed by atoms with Crippen molar-refractivity contribution < 1.29 is 13.9 Å². The van der Waals surface area contributed by atoms with E-state index in [1.54, 1.807) is 25.3 Å². The van der Waals surface area contributed by atoms with Crippen LogP contribution in [0.25, 0.3) is 23.2 Å². The van der Waals surface area contributed by atoms with Gasteiger partial charge in [-0.05, 0) is 28.6 Å². The summed E-state index contributed by atoms with van der Waals surface area (Å²) in [6.07, 6.45) is 3.13. The quantitative estimate of drug-likeness (QED) is 0.474. The van der Waals surface area contributed by atoms with Crippen molar-refractivity contribution in [1.29, 1.82) is 0 Å². The monoisotopic (exact) mass is 401 g/mol. The molecule has 0 aliphatic carbocycles. The number of nitrogens with zero attached hydrogens (tertiary/aromatic N) is 4. The number of anilines is 1. The highest BCUT2D eigenvalue weighted by molar-refractivity contribution is 6.24. The third-order valence-electron chi connectivity index (χ3n) is 4.35. The van der Waals surface area contributed by atoms with Crippen molar-refractivity contribution in [3.05, 3.63) is 84.3 Å². The van der Waals surface area contributed by atoms with Crippen molar-refractivity contribution in [2.24, 2.45) is 0 Å². The number of methoxy groups -OCH3 is 1. The molecule has 0 aliphatic heterocycles. The second-order valence-corrected chi connectivity index (χ2v) is 6.37. The lowest BCUT2D eigenvalue weighted by Crippen LogP contribution is -2.20. The van der Waals surface area contributed by atoms with Gasteiger partial charge in [-0.15, -0.1) is 5.10 Å². The lowest BCUT2D eigenvalue weighted by Gasteiger charge is -2.13. The second kappa shape index (κ2) is 8.97. The number of nitrogens with one attached hydrogen (secondary N) is 1. The van der Waals surface area contributed by atoms with Crippen LogP contribution in [0.4, 0.5) is 5.69 Å². The topological polar surface area (TPSA) is 95.1 Å². The standard InChI is InChI=1S/C22H19N5O3/c1-29-15-17-10-5-6-12-19(17)23-22(28)20(14-18-11-7-13-30-18)27-21(24-25-26-27)16-8-3-2-4-9-16/h2-14H,15H2,1H3,(H,23,28)/b20-14-. The van der Waals surface area contributed by atoms with E-state index in [2.05, 4.69) is 20.8 Å². The van der Waals surface area contributed by atoms with Crippen LogP contribution in [-0.2, 0) is 16.1 Å². The van der Waals surface area contributed by atoms with E-state index < -0.39 is 0 Å². The molecule has 0 radical (unpaired) electrons. The Hall–Kier alpha value is -4.04. The first-order chi connectivity index (χ1) is 14.8. The summed E-state index contributed by atoms with van der Waals surface area (Å²) in [7, 11) is 1.61. The Kier molecular flexibility index (Phi) is 5.77. The van der Waals surface area contributed by atoms with Crippen molar-refractivity contribution >= 4 is 23.4 Å². The molecule has 1 amide bonds. The molecule has 0 saturated heterocycles. The van der Waals surface area contributed by atoms with Gasteiger partial charge >= 0.3 is 0 Å². The van der Waals surface area contributed by atoms with Gasteiger partial charge in [0.1, 0.15) is 11.5 Å². The van der Waals surface area contributed by atoms with Crippen molar-refractivity contribution in [2.45, 2.75) is 6.61 Å². The van der Waals surface area contributed by atoms with Crippen LogP contribution in [0.3, 0.4) is 0 Å². The summed E-state index contributed by atoms with van der Waals surface area (Å²) in [5.41, 5.74) is 2.48. The summed E-state index contributed by atoms with van der Waals surface area (Å²) in [6.45, 7) is 0.369. The molecular weight excluding hydrogens is 382 g/mol. The van der Waals surface area contributed by atoms with E-state index in [4.69, 9.17) is 9.15 Å². The Morgan fingerprint density at radius 1 is 1.10 bits per heavy atom. The van der Waals surface area contributed by atoms with Crippen molar-refractivity contribution in [3.8, 4) is 11.4 Å². The lowest BCUT2D eigenvalue weighted by atomic mass is 10.1. The number of hydrogen-bond acceptors (Lipinski definition) is 6. The molecule has 0 bridgehead atoms. The fraction of sp³-hybridized carbons (Fsp3) is 0.0909. The maximum Gasteiger partial charge on any atom is 0.274 e. The van der Waals surface area contributed by atoms with Crippen molar-refractivity contribution in [1.82, 2.24) is 20.2 Å². The third kappa shape index (κ3) is 4.18. The third-order valence-corrected chi connectivity index (χ3v) is 4.35. The zero-order valence-corrected chi connectivity index (χ0v) is 16.2. The van der Waals surface area contributed by atoms with Crippen LogP contribution >= 0.6 is 0 Å². The molecule has 2 heterocycles. The first-order valence-corrected chi connectivity index (χ1v) is 9.24. The van der Waals surface area contributed by atoms with Gasteiger partial charge in [0.25, 0.3) is 5.91 Å². The number of aromatic nitrogens is 4. The van der Waals surface area contributed by atoms with Gasteiger partial charge in [-0.2, -0.15) is 4.68 Å². The normalized spacial score (nSPS) is 11.4. The van der Waals surface area contributed by atoms with Crippen LogP contribution < -0.4 is 5.32 Å². The summed E-state index contributed by atoms with van der Waals surface area (Å²) < 4.78 is 12.0. The number of tetrazole rings is 1. The number of amides is 1. The Bertz CT molecular complexity index is 1150. The zero-order valence-electron chi connectivity index (χ0n) is 16.2. The summed E-state index contributed by atoms with van der Waals surface area (Å²) >= 11 is 0. The van der Waals surface area contributed by atoms with Crippen LogP contribution in [0, 0.1) is 0 Å². The number of ether oxygens (including phenoxy) is 1. The largest absolute Gasteiger partial charge is 0.465 e. The number of rotatable bonds is 7. The Morgan fingerprint density at radius 3 is 2.67 bits per heavy atom. The molecule has 0 saturated carbocycles. The maximum atomic E-state index is 13.3. The Balaban J connectivity index is 1.74. The first-order valence-electron chi connectivity index (χ1n) is 9.24. The number of benzene rings is 2. The summed E-state index contributed by atoms with van der Waals surface area (Å²) in [6, 6.07) is 20.3. The van der Waals surface area contributed by atoms with E-state index in [9.17, 15) is 4.79 Å². The molecule has 2 aromatic carbocycles. The highest BCUT2D eigenvalue weighted by atomic mass is 16.5. The fourth-order valence-corrected chi connectivity index (χ4v) is 2.96. The van der Waals surface area contributed by atoms with Crippen LogP contribution in [-0.4, -0.2) is 33.2 Å². The summed E-state index contributed by atoms with van der Waals surface area (Å²) in [5, 5.41) is 14.9. The van der Waals surface area contributed by atoms with Crippen molar-refractivity contribution in [3.63, 3.8) is 0 Å². The van der Waals surface area contributed by atoms with E-state index in [1.807, 2.05) is 54.6 Å². The molecule has 4 rings (SSSR count). The van der Waals surface area contributed by atoms with E-state index in [1.165, 1.54) is 10.9 Å². The zero-order chi connectivity index (χ0) is 20.8.